The van der Waals surface area contributed by atoms with Gasteiger partial charge in [0.25, 0.3) is 0 Å². The summed E-state index contributed by atoms with van der Waals surface area (Å²) in [5.74, 6) is -0.558. The molecule has 2 N–H and O–H groups in total. The van der Waals surface area contributed by atoms with E-state index in [1.807, 2.05) is 30.5 Å². The fourth-order valence-electron chi connectivity index (χ4n) is 1.57. The summed E-state index contributed by atoms with van der Waals surface area (Å²) in [5.41, 5.74) is 0.848. The second-order valence-electron chi connectivity index (χ2n) is 4.05. The lowest BCUT2D eigenvalue weighted by molar-refractivity contribution is -0.141. The Kier molecular flexibility index (Phi) is 6.94. The van der Waals surface area contributed by atoms with Gasteiger partial charge in [-0.05, 0) is 36.1 Å². The van der Waals surface area contributed by atoms with E-state index >= 15 is 0 Å². The number of benzene rings is 1. The van der Waals surface area contributed by atoms with Crippen LogP contribution in [0.15, 0.2) is 28.7 Å². The van der Waals surface area contributed by atoms with Gasteiger partial charge in [-0.15, -0.1) is 0 Å². The molecule has 1 aromatic carbocycles. The summed E-state index contributed by atoms with van der Waals surface area (Å²) < 4.78 is 0.898. The molecule has 4 nitrogen and oxygen atoms in total. The molecule has 1 atom stereocenters. The molecule has 0 radical (unpaired) electrons. The standard InChI is InChI=1S/C13H16BrNO3S/c1-19-6-5-11(13(17)18)15-12(16)8-9-3-2-4-10(14)7-9/h2-4,7,11H,5-6,8H2,1H3,(H,15,16)(H,17,18)/t11-/m0/s1. The number of halogens is 1. The first-order valence-corrected chi connectivity index (χ1v) is 7.97. The second-order valence-corrected chi connectivity index (χ2v) is 5.95. The van der Waals surface area contributed by atoms with E-state index < -0.39 is 12.0 Å². The molecule has 0 saturated carbocycles. The van der Waals surface area contributed by atoms with E-state index in [1.165, 1.54) is 0 Å². The molecule has 6 heteroatoms. The first-order valence-electron chi connectivity index (χ1n) is 5.78. The van der Waals surface area contributed by atoms with Gasteiger partial charge in [-0.3, -0.25) is 4.79 Å². The highest BCUT2D eigenvalue weighted by Gasteiger charge is 2.19. The predicted octanol–water partition coefficient (Wildman–Crippen LogP) is 2.31. The van der Waals surface area contributed by atoms with Crippen molar-refractivity contribution in [2.75, 3.05) is 12.0 Å². The van der Waals surface area contributed by atoms with Gasteiger partial charge in [0.2, 0.25) is 5.91 Å². The van der Waals surface area contributed by atoms with Crippen LogP contribution in [0.5, 0.6) is 0 Å². The average molecular weight is 346 g/mol. The minimum absolute atomic E-state index is 0.183. The minimum atomic E-state index is -0.989. The molecule has 0 aliphatic rings. The van der Waals surface area contributed by atoms with Crippen LogP contribution >= 0.6 is 27.7 Å². The molecule has 0 heterocycles. The third-order valence-electron chi connectivity index (χ3n) is 2.50. The molecule has 0 unspecified atom stereocenters. The number of carboxylic acid groups (broad SMARTS) is 1. The molecule has 0 saturated heterocycles. The lowest BCUT2D eigenvalue weighted by Crippen LogP contribution is -2.41. The highest BCUT2D eigenvalue weighted by atomic mass is 79.9. The maximum atomic E-state index is 11.8. The van der Waals surface area contributed by atoms with E-state index in [0.29, 0.717) is 12.2 Å². The molecule has 1 amide bonds. The minimum Gasteiger partial charge on any atom is -0.480 e. The number of aliphatic carboxylic acids is 1. The Hall–Kier alpha value is -1.01. The third kappa shape index (κ3) is 6.11. The summed E-state index contributed by atoms with van der Waals surface area (Å²) in [5, 5.41) is 11.6. The molecule has 19 heavy (non-hydrogen) atoms. The normalized spacial score (nSPS) is 11.9. The molecule has 0 fully saturated rings. The summed E-state index contributed by atoms with van der Waals surface area (Å²) in [6.07, 6.45) is 2.52. The van der Waals surface area contributed by atoms with Gasteiger partial charge < -0.3 is 10.4 Å². The Morgan fingerprint density at radius 1 is 1.47 bits per heavy atom. The summed E-state index contributed by atoms with van der Waals surface area (Å²) in [6, 6.07) is 6.58. The van der Waals surface area contributed by atoms with Crippen molar-refractivity contribution >= 4 is 39.6 Å². The molecule has 1 aromatic rings. The predicted molar refractivity (Wildman–Crippen MR) is 80.4 cm³/mol. The van der Waals surface area contributed by atoms with Crippen LogP contribution in [0.3, 0.4) is 0 Å². The van der Waals surface area contributed by atoms with Gasteiger partial charge in [0.05, 0.1) is 6.42 Å². The van der Waals surface area contributed by atoms with Gasteiger partial charge in [0.1, 0.15) is 6.04 Å². The number of carbonyl (C=O) groups excluding carboxylic acids is 1. The third-order valence-corrected chi connectivity index (χ3v) is 3.63. The number of rotatable bonds is 7. The smallest absolute Gasteiger partial charge is 0.326 e. The molecule has 0 aliphatic carbocycles. The SMILES string of the molecule is CSCC[C@H](NC(=O)Cc1cccc(Br)c1)C(=O)O. The van der Waals surface area contributed by atoms with Crippen molar-refractivity contribution in [3.8, 4) is 0 Å². The molecule has 104 valence electrons. The average Bonchev–Trinajstić information content (AvgIpc) is 2.34. The van der Waals surface area contributed by atoms with E-state index in [9.17, 15) is 9.59 Å². The van der Waals surface area contributed by atoms with Crippen molar-refractivity contribution in [3.05, 3.63) is 34.3 Å². The van der Waals surface area contributed by atoms with Crippen molar-refractivity contribution < 1.29 is 14.7 Å². The van der Waals surface area contributed by atoms with E-state index in [1.54, 1.807) is 11.8 Å². The lowest BCUT2D eigenvalue weighted by atomic mass is 10.1. The number of amides is 1. The summed E-state index contributed by atoms with van der Waals surface area (Å²) >= 11 is 4.89. The first-order chi connectivity index (χ1) is 9.02. The monoisotopic (exact) mass is 345 g/mol. The van der Waals surface area contributed by atoms with Crippen molar-refractivity contribution in [3.63, 3.8) is 0 Å². The summed E-state index contributed by atoms with van der Waals surface area (Å²) in [4.78, 5) is 22.8. The maximum absolute atomic E-state index is 11.8. The number of carbonyl (C=O) groups is 2. The van der Waals surface area contributed by atoms with E-state index in [2.05, 4.69) is 21.2 Å². The van der Waals surface area contributed by atoms with Crippen molar-refractivity contribution in [2.45, 2.75) is 18.9 Å². The summed E-state index contributed by atoms with van der Waals surface area (Å²) in [6.45, 7) is 0. The molecule has 0 bridgehead atoms. The van der Waals surface area contributed by atoms with E-state index in [0.717, 1.165) is 10.0 Å². The molecule has 1 rings (SSSR count). The number of carboxylic acids is 1. The van der Waals surface area contributed by atoms with Crippen LogP contribution in [0.4, 0.5) is 0 Å². The van der Waals surface area contributed by atoms with Gasteiger partial charge in [-0.2, -0.15) is 11.8 Å². The fourth-order valence-corrected chi connectivity index (χ4v) is 2.49. The largest absolute Gasteiger partial charge is 0.480 e. The van der Waals surface area contributed by atoms with Gasteiger partial charge in [0.15, 0.2) is 0 Å². The lowest BCUT2D eigenvalue weighted by Gasteiger charge is -2.14. The van der Waals surface area contributed by atoms with Crippen LogP contribution < -0.4 is 5.32 Å². The van der Waals surface area contributed by atoms with Crippen LogP contribution in [0.1, 0.15) is 12.0 Å². The maximum Gasteiger partial charge on any atom is 0.326 e. The van der Waals surface area contributed by atoms with Crippen molar-refractivity contribution in [1.82, 2.24) is 5.32 Å². The van der Waals surface area contributed by atoms with Gasteiger partial charge >= 0.3 is 5.97 Å². The topological polar surface area (TPSA) is 66.4 Å². The zero-order valence-electron chi connectivity index (χ0n) is 10.6. The molecule has 0 spiro atoms. The fraction of sp³-hybridized carbons (Fsp3) is 0.385. The number of thioether (sulfide) groups is 1. The Balaban J connectivity index is 2.55. The van der Waals surface area contributed by atoms with Crippen LogP contribution in [0.25, 0.3) is 0 Å². The Morgan fingerprint density at radius 2 is 2.21 bits per heavy atom. The Bertz CT molecular complexity index is 453. The van der Waals surface area contributed by atoms with Crippen molar-refractivity contribution in [1.29, 1.82) is 0 Å². The molecular formula is C13H16BrNO3S. The van der Waals surface area contributed by atoms with Crippen LogP contribution in [0, 0.1) is 0 Å². The first kappa shape index (κ1) is 16.0. The molecule has 0 aliphatic heterocycles. The number of nitrogens with one attached hydrogen (secondary N) is 1. The van der Waals surface area contributed by atoms with Gasteiger partial charge in [-0.1, -0.05) is 28.1 Å². The van der Waals surface area contributed by atoms with Crippen LogP contribution in [-0.4, -0.2) is 35.0 Å². The molecular weight excluding hydrogens is 330 g/mol. The van der Waals surface area contributed by atoms with Crippen LogP contribution in [-0.2, 0) is 16.0 Å². The Morgan fingerprint density at radius 3 is 2.79 bits per heavy atom. The summed E-state index contributed by atoms with van der Waals surface area (Å²) in [7, 11) is 0. The highest BCUT2D eigenvalue weighted by Crippen LogP contribution is 2.12. The highest BCUT2D eigenvalue weighted by molar-refractivity contribution is 9.10. The number of hydrogen-bond acceptors (Lipinski definition) is 3. The zero-order chi connectivity index (χ0) is 14.3. The van der Waals surface area contributed by atoms with Crippen molar-refractivity contribution in [2.24, 2.45) is 0 Å². The zero-order valence-corrected chi connectivity index (χ0v) is 13.0. The van der Waals surface area contributed by atoms with Gasteiger partial charge in [0, 0.05) is 4.47 Å². The van der Waals surface area contributed by atoms with Gasteiger partial charge in [-0.25, -0.2) is 4.79 Å². The number of hydrogen-bond donors (Lipinski definition) is 2. The van der Waals surface area contributed by atoms with E-state index in [4.69, 9.17) is 5.11 Å². The molecule has 0 aromatic heterocycles. The van der Waals surface area contributed by atoms with Crippen LogP contribution in [0.2, 0.25) is 0 Å². The quantitative estimate of drug-likeness (QED) is 0.795. The Labute approximate surface area is 125 Å². The second kappa shape index (κ2) is 8.22. The van der Waals surface area contributed by atoms with E-state index in [-0.39, 0.29) is 12.3 Å².